The summed E-state index contributed by atoms with van der Waals surface area (Å²) in [5.74, 6) is -0.609. The molecule has 0 saturated heterocycles. The van der Waals surface area contributed by atoms with Gasteiger partial charge < -0.3 is 21.0 Å². The molecule has 0 bridgehead atoms. The van der Waals surface area contributed by atoms with Crippen LogP contribution in [0.15, 0.2) is 41.8 Å². The number of benzene rings is 1. The van der Waals surface area contributed by atoms with Crippen LogP contribution in [0.4, 0.5) is 23.4 Å². The number of nitrogens with two attached hydrogens (primary N) is 1. The number of ether oxygens (including phenoxy) is 1. The van der Waals surface area contributed by atoms with Crippen molar-refractivity contribution in [2.45, 2.75) is 19.1 Å². The summed E-state index contributed by atoms with van der Waals surface area (Å²) in [5.41, 5.74) is 6.33. The van der Waals surface area contributed by atoms with Crippen molar-refractivity contribution in [3.05, 3.63) is 53.6 Å². The minimum absolute atomic E-state index is 0.105. The van der Waals surface area contributed by atoms with Gasteiger partial charge in [0.2, 0.25) is 0 Å². The molecule has 3 rings (SSSR count). The maximum absolute atomic E-state index is 13.7. The summed E-state index contributed by atoms with van der Waals surface area (Å²) in [5, 5.41) is 18.7. The molecule has 0 unspecified atom stereocenters. The monoisotopic (exact) mass is 412 g/mol. The summed E-state index contributed by atoms with van der Waals surface area (Å²) < 4.78 is 57.3. The van der Waals surface area contributed by atoms with Crippen LogP contribution in [0, 0.1) is 5.82 Å². The molecule has 0 aliphatic rings. The average molecular weight is 412 g/mol. The first-order valence-electron chi connectivity index (χ1n) is 8.26. The van der Waals surface area contributed by atoms with Crippen LogP contribution in [0.5, 0.6) is 5.75 Å². The van der Waals surface area contributed by atoms with E-state index in [1.54, 1.807) is 19.2 Å². The quantitative estimate of drug-likeness (QED) is 0.189. The standard InChI is InChI=1S/C17H16F4N6O2/c1-9(11-6-10(18)2-3-13(11)29-8-17(19,20)21)24-14-4-5-27-16(25-14)12(7-23-27)15(22)26-28/h2-7,9,28H,8H2,1H3,(H2,22,26)(H,24,25)/t9-/m1/s1. The van der Waals surface area contributed by atoms with Crippen LogP contribution in [-0.4, -0.2) is 38.4 Å². The molecule has 1 aromatic carbocycles. The minimum Gasteiger partial charge on any atom is -0.484 e. The molecule has 29 heavy (non-hydrogen) atoms. The van der Waals surface area contributed by atoms with Gasteiger partial charge in [0.25, 0.3) is 0 Å². The van der Waals surface area contributed by atoms with Crippen molar-refractivity contribution in [3.8, 4) is 5.75 Å². The Morgan fingerprint density at radius 1 is 1.38 bits per heavy atom. The number of alkyl halides is 3. The first-order valence-corrected chi connectivity index (χ1v) is 8.26. The second-order valence-corrected chi connectivity index (χ2v) is 6.08. The Kier molecular flexibility index (Phi) is 5.43. The molecule has 0 saturated carbocycles. The fourth-order valence-corrected chi connectivity index (χ4v) is 2.63. The fourth-order valence-electron chi connectivity index (χ4n) is 2.63. The molecule has 0 aliphatic carbocycles. The normalized spacial score (nSPS) is 13.5. The first kappa shape index (κ1) is 20.2. The lowest BCUT2D eigenvalue weighted by Crippen LogP contribution is -2.20. The molecule has 154 valence electrons. The van der Waals surface area contributed by atoms with Crippen molar-refractivity contribution in [3.63, 3.8) is 0 Å². The van der Waals surface area contributed by atoms with E-state index in [1.807, 2.05) is 0 Å². The molecule has 0 spiro atoms. The molecule has 4 N–H and O–H groups in total. The maximum atomic E-state index is 13.7. The number of aromatic nitrogens is 3. The molecule has 0 fully saturated rings. The SMILES string of the molecule is C[C@@H](Nc1ccn2ncc(/C(N)=N/O)c2n1)c1cc(F)ccc1OCC(F)(F)F. The maximum Gasteiger partial charge on any atom is 0.422 e. The number of nitrogens with zero attached hydrogens (tertiary/aromatic N) is 4. The molecule has 3 aromatic rings. The van der Waals surface area contributed by atoms with Crippen LogP contribution >= 0.6 is 0 Å². The Morgan fingerprint density at radius 2 is 2.14 bits per heavy atom. The molecular weight excluding hydrogens is 396 g/mol. The summed E-state index contributed by atoms with van der Waals surface area (Å²) in [7, 11) is 0. The molecule has 8 nitrogen and oxygen atoms in total. The Hall–Kier alpha value is -3.57. The zero-order valence-corrected chi connectivity index (χ0v) is 15.0. The minimum atomic E-state index is -4.53. The molecule has 2 heterocycles. The topological polar surface area (TPSA) is 110 Å². The highest BCUT2D eigenvalue weighted by atomic mass is 19.4. The number of rotatable bonds is 6. The first-order chi connectivity index (χ1) is 13.7. The van der Waals surface area contributed by atoms with Gasteiger partial charge in [0.15, 0.2) is 18.1 Å². The van der Waals surface area contributed by atoms with Crippen LogP contribution in [0.25, 0.3) is 5.65 Å². The fraction of sp³-hybridized carbons (Fsp3) is 0.235. The van der Waals surface area contributed by atoms with Gasteiger partial charge in [0.1, 0.15) is 17.4 Å². The average Bonchev–Trinajstić information content (AvgIpc) is 3.09. The lowest BCUT2D eigenvalue weighted by atomic mass is 10.1. The number of amidine groups is 1. The zero-order valence-electron chi connectivity index (χ0n) is 15.0. The van der Waals surface area contributed by atoms with Gasteiger partial charge in [-0.3, -0.25) is 0 Å². The number of oxime groups is 1. The van der Waals surface area contributed by atoms with E-state index in [9.17, 15) is 17.6 Å². The number of hydrogen-bond donors (Lipinski definition) is 3. The van der Waals surface area contributed by atoms with E-state index in [1.165, 1.54) is 10.7 Å². The van der Waals surface area contributed by atoms with E-state index in [0.29, 0.717) is 5.82 Å². The Morgan fingerprint density at radius 3 is 2.83 bits per heavy atom. The van der Waals surface area contributed by atoms with Crippen molar-refractivity contribution < 1.29 is 27.5 Å². The highest BCUT2D eigenvalue weighted by molar-refractivity contribution is 6.02. The predicted octanol–water partition coefficient (Wildman–Crippen LogP) is 3.08. The third-order valence-corrected chi connectivity index (χ3v) is 3.95. The Bertz CT molecular complexity index is 1050. The summed E-state index contributed by atoms with van der Waals surface area (Å²) in [6, 6.07) is 4.14. The predicted molar refractivity (Wildman–Crippen MR) is 95.5 cm³/mol. The lowest BCUT2D eigenvalue weighted by molar-refractivity contribution is -0.153. The van der Waals surface area contributed by atoms with Crippen LogP contribution in [0.3, 0.4) is 0 Å². The number of nitrogens with one attached hydrogen (secondary N) is 1. The highest BCUT2D eigenvalue weighted by Gasteiger charge is 2.29. The number of halogens is 4. The van der Waals surface area contributed by atoms with Gasteiger partial charge in [-0.15, -0.1) is 0 Å². The molecule has 2 aromatic heterocycles. The van der Waals surface area contributed by atoms with Gasteiger partial charge in [-0.1, -0.05) is 5.16 Å². The lowest BCUT2D eigenvalue weighted by Gasteiger charge is -2.19. The third kappa shape index (κ3) is 4.65. The zero-order chi connectivity index (χ0) is 21.2. The van der Waals surface area contributed by atoms with Crippen molar-refractivity contribution in [1.82, 2.24) is 14.6 Å². The van der Waals surface area contributed by atoms with E-state index in [0.717, 1.165) is 18.2 Å². The van der Waals surface area contributed by atoms with Gasteiger partial charge in [-0.25, -0.2) is 13.9 Å². The van der Waals surface area contributed by atoms with Crippen LogP contribution < -0.4 is 15.8 Å². The van der Waals surface area contributed by atoms with Gasteiger partial charge in [-0.05, 0) is 31.2 Å². The van der Waals surface area contributed by atoms with E-state index < -0.39 is 24.6 Å². The van der Waals surface area contributed by atoms with Gasteiger partial charge in [0, 0.05) is 11.8 Å². The number of fused-ring (bicyclic) bond motifs is 1. The molecule has 0 aliphatic heterocycles. The van der Waals surface area contributed by atoms with Crippen molar-refractivity contribution in [2.24, 2.45) is 10.9 Å². The second kappa shape index (κ2) is 7.81. The van der Waals surface area contributed by atoms with Crippen molar-refractivity contribution in [2.75, 3.05) is 11.9 Å². The van der Waals surface area contributed by atoms with Crippen molar-refractivity contribution >= 4 is 17.3 Å². The molecular formula is C17H16F4N6O2. The van der Waals surface area contributed by atoms with Gasteiger partial charge in [-0.2, -0.15) is 18.3 Å². The Balaban J connectivity index is 1.88. The molecule has 12 heteroatoms. The Labute approximate surface area is 161 Å². The van der Waals surface area contributed by atoms with Crippen LogP contribution in [0.2, 0.25) is 0 Å². The molecule has 0 radical (unpaired) electrons. The van der Waals surface area contributed by atoms with E-state index >= 15 is 0 Å². The summed E-state index contributed by atoms with van der Waals surface area (Å²) in [6.45, 7) is 0.115. The summed E-state index contributed by atoms with van der Waals surface area (Å²) in [6.07, 6.45) is -1.61. The van der Waals surface area contributed by atoms with Crippen LogP contribution in [-0.2, 0) is 0 Å². The second-order valence-electron chi connectivity index (χ2n) is 6.08. The van der Waals surface area contributed by atoms with Crippen molar-refractivity contribution in [1.29, 1.82) is 0 Å². The summed E-state index contributed by atoms with van der Waals surface area (Å²) >= 11 is 0. The smallest absolute Gasteiger partial charge is 0.422 e. The van der Waals surface area contributed by atoms with Gasteiger partial charge in [0.05, 0.1) is 17.8 Å². The largest absolute Gasteiger partial charge is 0.484 e. The van der Waals surface area contributed by atoms with Gasteiger partial charge >= 0.3 is 6.18 Å². The molecule has 0 amide bonds. The van der Waals surface area contributed by atoms with E-state index in [4.69, 9.17) is 15.7 Å². The van der Waals surface area contributed by atoms with E-state index in [2.05, 4.69) is 20.6 Å². The summed E-state index contributed by atoms with van der Waals surface area (Å²) in [4.78, 5) is 4.31. The number of hydrogen-bond acceptors (Lipinski definition) is 6. The highest BCUT2D eigenvalue weighted by Crippen LogP contribution is 2.30. The number of anilines is 1. The van der Waals surface area contributed by atoms with Crippen LogP contribution in [0.1, 0.15) is 24.1 Å². The van der Waals surface area contributed by atoms with E-state index in [-0.39, 0.29) is 28.4 Å². The third-order valence-electron chi connectivity index (χ3n) is 3.95. The molecule has 1 atom stereocenters.